The van der Waals surface area contributed by atoms with Crippen LogP contribution in [0.2, 0.25) is 0 Å². The van der Waals surface area contributed by atoms with E-state index in [9.17, 15) is 13.2 Å². The van der Waals surface area contributed by atoms with E-state index in [1.165, 1.54) is 0 Å². The van der Waals surface area contributed by atoms with E-state index in [1.807, 2.05) is 6.92 Å². The molecule has 26 heavy (non-hydrogen) atoms. The van der Waals surface area contributed by atoms with E-state index in [2.05, 4.69) is 10.6 Å². The topological polar surface area (TPSA) is 93.7 Å². The summed E-state index contributed by atoms with van der Waals surface area (Å²) >= 11 is 0. The van der Waals surface area contributed by atoms with Gasteiger partial charge in [-0.2, -0.15) is 0 Å². The largest absolute Gasteiger partial charge is 0.497 e. The molecule has 1 aliphatic heterocycles. The molecule has 0 radical (unpaired) electrons. The summed E-state index contributed by atoms with van der Waals surface area (Å²) in [5.41, 5.74) is 0. The van der Waals surface area contributed by atoms with Gasteiger partial charge in [0, 0.05) is 6.26 Å². The number of rotatable bonds is 7. The molecular formula is C17H27ClN2O5S. The zero-order valence-corrected chi connectivity index (χ0v) is 16.9. The summed E-state index contributed by atoms with van der Waals surface area (Å²) in [4.78, 5) is 12.6. The molecule has 1 aliphatic rings. The van der Waals surface area contributed by atoms with Crippen LogP contribution in [0.4, 0.5) is 0 Å². The highest BCUT2D eigenvalue weighted by Crippen LogP contribution is 2.28. The van der Waals surface area contributed by atoms with Crippen LogP contribution in [0, 0.1) is 0 Å². The Balaban J connectivity index is 0.00000338. The molecule has 2 N–H and O–H groups in total. The predicted octanol–water partition coefficient (Wildman–Crippen LogP) is 1.17. The fraction of sp³-hybridized carbons (Fsp3) is 0.588. The first-order valence-electron chi connectivity index (χ1n) is 8.28. The van der Waals surface area contributed by atoms with Gasteiger partial charge >= 0.3 is 0 Å². The molecule has 0 saturated carbocycles. The SMILES string of the molecule is COc1ccc(OC(C)CNC(=O)C2(S(C)(=O)=O)CCNCC2)cc1.Cl. The summed E-state index contributed by atoms with van der Waals surface area (Å²) in [7, 11) is -1.92. The molecule has 1 saturated heterocycles. The van der Waals surface area contributed by atoms with Gasteiger partial charge in [-0.05, 0) is 57.1 Å². The van der Waals surface area contributed by atoms with E-state index in [0.717, 1.165) is 12.0 Å². The number of nitrogens with one attached hydrogen (secondary N) is 2. The Morgan fingerprint density at radius 1 is 1.23 bits per heavy atom. The second-order valence-corrected chi connectivity index (χ2v) is 8.66. The van der Waals surface area contributed by atoms with Crippen LogP contribution >= 0.6 is 12.4 Å². The lowest BCUT2D eigenvalue weighted by Crippen LogP contribution is -2.58. The molecule has 0 aliphatic carbocycles. The van der Waals surface area contributed by atoms with Gasteiger partial charge in [-0.3, -0.25) is 4.79 Å². The van der Waals surface area contributed by atoms with Crippen LogP contribution in [-0.4, -0.2) is 58.2 Å². The zero-order chi connectivity index (χ0) is 18.5. The van der Waals surface area contributed by atoms with Crippen LogP contribution in [0.3, 0.4) is 0 Å². The molecule has 1 unspecified atom stereocenters. The standard InChI is InChI=1S/C17H26N2O5S.ClH/c1-13(24-15-6-4-14(23-2)5-7-15)12-19-16(20)17(25(3,21)22)8-10-18-11-9-17;/h4-7,13,18H,8-12H2,1-3H3,(H,19,20);1H. The van der Waals surface area contributed by atoms with Gasteiger partial charge < -0.3 is 20.1 Å². The van der Waals surface area contributed by atoms with Crippen LogP contribution in [-0.2, 0) is 14.6 Å². The molecule has 7 nitrogen and oxygen atoms in total. The van der Waals surface area contributed by atoms with Gasteiger partial charge in [0.25, 0.3) is 0 Å². The normalized spacial score (nSPS) is 17.5. The summed E-state index contributed by atoms with van der Waals surface area (Å²) in [6, 6.07) is 7.13. The minimum Gasteiger partial charge on any atom is -0.497 e. The molecule has 1 aromatic rings. The van der Waals surface area contributed by atoms with Gasteiger partial charge in [-0.15, -0.1) is 12.4 Å². The van der Waals surface area contributed by atoms with Crippen molar-refractivity contribution in [2.24, 2.45) is 0 Å². The number of carbonyl (C=O) groups is 1. The van der Waals surface area contributed by atoms with Crippen molar-refractivity contribution in [3.05, 3.63) is 24.3 Å². The van der Waals surface area contributed by atoms with Gasteiger partial charge in [-0.1, -0.05) is 0 Å². The van der Waals surface area contributed by atoms with Crippen molar-refractivity contribution >= 4 is 28.2 Å². The van der Waals surface area contributed by atoms with Gasteiger partial charge in [-0.25, -0.2) is 8.42 Å². The maximum Gasteiger partial charge on any atom is 0.241 e. The van der Waals surface area contributed by atoms with Crippen molar-refractivity contribution < 1.29 is 22.7 Å². The van der Waals surface area contributed by atoms with Gasteiger partial charge in [0.1, 0.15) is 17.6 Å². The lowest BCUT2D eigenvalue weighted by Gasteiger charge is -2.34. The Labute approximate surface area is 161 Å². The van der Waals surface area contributed by atoms with Crippen molar-refractivity contribution in [1.29, 1.82) is 0 Å². The van der Waals surface area contributed by atoms with E-state index >= 15 is 0 Å². The number of ether oxygens (including phenoxy) is 2. The van der Waals surface area contributed by atoms with E-state index in [-0.39, 0.29) is 37.9 Å². The molecule has 148 valence electrons. The molecule has 1 fully saturated rings. The summed E-state index contributed by atoms with van der Waals surface area (Å²) in [6.45, 7) is 3.08. The number of methoxy groups -OCH3 is 1. The molecular weight excluding hydrogens is 380 g/mol. The average molecular weight is 407 g/mol. The highest BCUT2D eigenvalue weighted by atomic mass is 35.5. The number of hydrogen-bond donors (Lipinski definition) is 2. The van der Waals surface area contributed by atoms with Gasteiger partial charge in [0.15, 0.2) is 14.6 Å². The highest BCUT2D eigenvalue weighted by molar-refractivity contribution is 7.92. The Morgan fingerprint density at radius 3 is 2.27 bits per heavy atom. The Bertz CT molecular complexity index is 688. The van der Waals surface area contributed by atoms with Crippen molar-refractivity contribution in [1.82, 2.24) is 10.6 Å². The summed E-state index contributed by atoms with van der Waals surface area (Å²) in [6.07, 6.45) is 1.40. The highest BCUT2D eigenvalue weighted by Gasteiger charge is 2.48. The Hall–Kier alpha value is -1.51. The van der Waals surface area contributed by atoms with E-state index in [0.29, 0.717) is 18.8 Å². The monoisotopic (exact) mass is 406 g/mol. The van der Waals surface area contributed by atoms with Crippen molar-refractivity contribution in [3.8, 4) is 11.5 Å². The van der Waals surface area contributed by atoms with Gasteiger partial charge in [0.2, 0.25) is 5.91 Å². The Kier molecular flexibility index (Phi) is 8.17. The first-order chi connectivity index (χ1) is 11.8. The molecule has 0 bridgehead atoms. The number of amides is 1. The Morgan fingerprint density at radius 2 is 1.77 bits per heavy atom. The van der Waals surface area contributed by atoms with Gasteiger partial charge in [0.05, 0.1) is 13.7 Å². The van der Waals surface area contributed by atoms with Crippen LogP contribution in [0.5, 0.6) is 11.5 Å². The number of benzene rings is 1. The summed E-state index contributed by atoms with van der Waals surface area (Å²) < 4.78 is 33.9. The number of hydrogen-bond acceptors (Lipinski definition) is 6. The van der Waals surface area contributed by atoms with Crippen molar-refractivity contribution in [3.63, 3.8) is 0 Å². The third kappa shape index (κ3) is 5.25. The lowest BCUT2D eigenvalue weighted by atomic mass is 9.96. The fourth-order valence-electron chi connectivity index (χ4n) is 2.92. The molecule has 1 atom stereocenters. The first kappa shape index (κ1) is 22.5. The average Bonchev–Trinajstić information content (AvgIpc) is 2.60. The molecule has 9 heteroatoms. The number of halogens is 1. The van der Waals surface area contributed by atoms with Crippen LogP contribution in [0.1, 0.15) is 19.8 Å². The molecule has 1 aromatic carbocycles. The third-order valence-corrected chi connectivity index (χ3v) is 6.49. The van der Waals surface area contributed by atoms with Crippen LogP contribution < -0.4 is 20.1 Å². The molecule has 0 aromatic heterocycles. The van der Waals surface area contributed by atoms with Crippen molar-refractivity contribution in [2.45, 2.75) is 30.6 Å². The maximum absolute atomic E-state index is 12.6. The number of carbonyl (C=O) groups excluding carboxylic acids is 1. The summed E-state index contributed by atoms with van der Waals surface area (Å²) in [5, 5.41) is 5.84. The molecule has 1 amide bonds. The van der Waals surface area contributed by atoms with E-state index in [4.69, 9.17) is 9.47 Å². The zero-order valence-electron chi connectivity index (χ0n) is 15.3. The maximum atomic E-state index is 12.6. The number of piperidine rings is 1. The van der Waals surface area contributed by atoms with Crippen LogP contribution in [0.15, 0.2) is 24.3 Å². The minimum atomic E-state index is -3.51. The molecule has 0 spiro atoms. The second-order valence-electron chi connectivity index (χ2n) is 6.33. The number of sulfone groups is 1. The molecule has 2 rings (SSSR count). The minimum absolute atomic E-state index is 0. The fourth-order valence-corrected chi connectivity index (χ4v) is 4.28. The van der Waals surface area contributed by atoms with E-state index < -0.39 is 20.5 Å². The first-order valence-corrected chi connectivity index (χ1v) is 10.2. The van der Waals surface area contributed by atoms with Crippen LogP contribution in [0.25, 0.3) is 0 Å². The van der Waals surface area contributed by atoms with Crippen molar-refractivity contribution in [2.75, 3.05) is 33.0 Å². The quantitative estimate of drug-likeness (QED) is 0.705. The van der Waals surface area contributed by atoms with E-state index in [1.54, 1.807) is 31.4 Å². The second kappa shape index (κ2) is 9.43. The predicted molar refractivity (Wildman–Crippen MR) is 103 cm³/mol. The third-order valence-electron chi connectivity index (χ3n) is 4.48. The summed E-state index contributed by atoms with van der Waals surface area (Å²) in [5.74, 6) is 0.943. The lowest BCUT2D eigenvalue weighted by molar-refractivity contribution is -0.124. The smallest absolute Gasteiger partial charge is 0.241 e. The molecule has 1 heterocycles.